The van der Waals surface area contributed by atoms with Crippen molar-refractivity contribution >= 4 is 52.4 Å². The maximum Gasteiger partial charge on any atom is 0.100 e. The first-order valence-electron chi connectivity index (χ1n) is 5.93. The number of rotatable bonds is 3. The van der Waals surface area contributed by atoms with Gasteiger partial charge in [-0.1, -0.05) is 46.9 Å². The summed E-state index contributed by atoms with van der Waals surface area (Å²) < 4.78 is 0. The van der Waals surface area contributed by atoms with Crippen molar-refractivity contribution in [1.82, 2.24) is 0 Å². The SMILES string of the molecule is CN(C)c1ccc(C=Nc2c(Cl)cc(Cl)cc2Cl)cc1. The van der Waals surface area contributed by atoms with E-state index >= 15 is 0 Å². The van der Waals surface area contributed by atoms with Gasteiger partial charge in [0.25, 0.3) is 0 Å². The van der Waals surface area contributed by atoms with Gasteiger partial charge in [0.05, 0.1) is 10.0 Å². The lowest BCUT2D eigenvalue weighted by molar-refractivity contribution is 1.13. The number of anilines is 1. The zero-order valence-corrected chi connectivity index (χ0v) is 13.3. The summed E-state index contributed by atoms with van der Waals surface area (Å²) in [5, 5.41) is 1.36. The minimum absolute atomic E-state index is 0.434. The van der Waals surface area contributed by atoms with Crippen molar-refractivity contribution in [2.45, 2.75) is 0 Å². The summed E-state index contributed by atoms with van der Waals surface area (Å²) in [6, 6.07) is 11.2. The van der Waals surface area contributed by atoms with Crippen LogP contribution in [-0.2, 0) is 0 Å². The smallest absolute Gasteiger partial charge is 0.100 e. The van der Waals surface area contributed by atoms with E-state index in [0.29, 0.717) is 20.8 Å². The standard InChI is InChI=1S/C15H13Cl3N2/c1-20(2)12-5-3-10(4-6-12)9-19-15-13(17)7-11(16)8-14(15)18/h3-9H,1-2H3. The van der Waals surface area contributed by atoms with Crippen LogP contribution < -0.4 is 4.90 Å². The predicted molar refractivity (Wildman–Crippen MR) is 89.5 cm³/mol. The second kappa shape index (κ2) is 6.49. The Morgan fingerprint density at radius 1 is 0.950 bits per heavy atom. The summed E-state index contributed by atoms with van der Waals surface area (Å²) in [4.78, 5) is 6.37. The zero-order valence-electron chi connectivity index (χ0n) is 11.1. The predicted octanol–water partition coefficient (Wildman–Crippen LogP) is 5.46. The molecule has 5 heteroatoms. The molecule has 0 heterocycles. The molecule has 0 spiro atoms. The molecule has 0 unspecified atom stereocenters. The molecule has 20 heavy (non-hydrogen) atoms. The van der Waals surface area contributed by atoms with E-state index in [4.69, 9.17) is 34.8 Å². The van der Waals surface area contributed by atoms with E-state index in [1.54, 1.807) is 18.3 Å². The Bertz CT molecular complexity index is 611. The number of hydrogen-bond acceptors (Lipinski definition) is 2. The molecule has 0 N–H and O–H groups in total. The van der Waals surface area contributed by atoms with Gasteiger partial charge in [-0.3, -0.25) is 4.99 Å². The molecule has 0 aliphatic rings. The number of benzene rings is 2. The van der Waals surface area contributed by atoms with Crippen LogP contribution in [-0.4, -0.2) is 20.3 Å². The van der Waals surface area contributed by atoms with E-state index in [-0.39, 0.29) is 0 Å². The first-order valence-corrected chi connectivity index (χ1v) is 7.07. The van der Waals surface area contributed by atoms with E-state index in [0.717, 1.165) is 11.3 Å². The molecule has 0 saturated carbocycles. The van der Waals surface area contributed by atoms with Crippen molar-refractivity contribution < 1.29 is 0 Å². The van der Waals surface area contributed by atoms with Crippen LogP contribution in [0, 0.1) is 0 Å². The highest BCUT2D eigenvalue weighted by Gasteiger charge is 2.05. The molecule has 0 amide bonds. The summed E-state index contributed by atoms with van der Waals surface area (Å²) in [5.74, 6) is 0. The maximum atomic E-state index is 6.08. The molecule has 2 aromatic carbocycles. The third-order valence-electron chi connectivity index (χ3n) is 2.73. The van der Waals surface area contributed by atoms with Gasteiger partial charge in [-0.2, -0.15) is 0 Å². The average Bonchev–Trinajstić information content (AvgIpc) is 2.38. The summed E-state index contributed by atoms with van der Waals surface area (Å²) in [7, 11) is 3.99. The lowest BCUT2D eigenvalue weighted by Gasteiger charge is -2.11. The summed E-state index contributed by atoms with van der Waals surface area (Å²) in [5.41, 5.74) is 2.62. The highest BCUT2D eigenvalue weighted by Crippen LogP contribution is 2.35. The normalized spacial score (nSPS) is 11.1. The Morgan fingerprint density at radius 2 is 1.50 bits per heavy atom. The van der Waals surface area contributed by atoms with Crippen LogP contribution in [0.3, 0.4) is 0 Å². The van der Waals surface area contributed by atoms with Crippen molar-refractivity contribution in [2.24, 2.45) is 4.99 Å². The van der Waals surface area contributed by atoms with Crippen molar-refractivity contribution in [1.29, 1.82) is 0 Å². The molecule has 0 saturated heterocycles. The van der Waals surface area contributed by atoms with Crippen molar-refractivity contribution in [3.63, 3.8) is 0 Å². The minimum atomic E-state index is 0.434. The third kappa shape index (κ3) is 3.66. The molecular formula is C15H13Cl3N2. The van der Waals surface area contributed by atoms with Crippen LogP contribution >= 0.6 is 34.8 Å². The van der Waals surface area contributed by atoms with Crippen LogP contribution in [0.25, 0.3) is 0 Å². The Labute approximate surface area is 133 Å². The third-order valence-corrected chi connectivity index (χ3v) is 3.53. The van der Waals surface area contributed by atoms with Crippen LogP contribution in [0.15, 0.2) is 41.4 Å². The second-order valence-electron chi connectivity index (χ2n) is 4.46. The molecule has 0 aromatic heterocycles. The van der Waals surface area contributed by atoms with Gasteiger partial charge in [0, 0.05) is 31.0 Å². The molecule has 104 valence electrons. The van der Waals surface area contributed by atoms with E-state index in [1.807, 2.05) is 43.3 Å². The monoisotopic (exact) mass is 326 g/mol. The van der Waals surface area contributed by atoms with E-state index < -0.39 is 0 Å². The first-order chi connectivity index (χ1) is 9.47. The minimum Gasteiger partial charge on any atom is -0.378 e. The quantitative estimate of drug-likeness (QED) is 0.683. The van der Waals surface area contributed by atoms with E-state index in [1.165, 1.54) is 0 Å². The fourth-order valence-corrected chi connectivity index (χ4v) is 2.57. The lowest BCUT2D eigenvalue weighted by atomic mass is 10.2. The Hall–Kier alpha value is -1.22. The Balaban J connectivity index is 2.25. The molecule has 0 fully saturated rings. The van der Waals surface area contributed by atoms with Gasteiger partial charge in [-0.15, -0.1) is 0 Å². The van der Waals surface area contributed by atoms with Gasteiger partial charge in [-0.25, -0.2) is 0 Å². The van der Waals surface area contributed by atoms with Gasteiger partial charge in [0.15, 0.2) is 0 Å². The van der Waals surface area contributed by atoms with Gasteiger partial charge >= 0.3 is 0 Å². The topological polar surface area (TPSA) is 15.6 Å². The van der Waals surface area contributed by atoms with Gasteiger partial charge in [0.2, 0.25) is 0 Å². The van der Waals surface area contributed by atoms with Crippen molar-refractivity contribution in [3.05, 3.63) is 57.0 Å². The van der Waals surface area contributed by atoms with Crippen LogP contribution in [0.1, 0.15) is 5.56 Å². The average molecular weight is 328 g/mol. The number of aliphatic imine (C=N–C) groups is 1. The molecule has 0 radical (unpaired) electrons. The first kappa shape index (κ1) is 15.2. The molecule has 0 aliphatic heterocycles. The summed E-state index contributed by atoms with van der Waals surface area (Å²) >= 11 is 18.0. The van der Waals surface area contributed by atoms with Crippen LogP contribution in [0.4, 0.5) is 11.4 Å². The maximum absolute atomic E-state index is 6.08. The number of nitrogens with zero attached hydrogens (tertiary/aromatic N) is 2. The largest absolute Gasteiger partial charge is 0.378 e. The Morgan fingerprint density at radius 3 is 2.00 bits per heavy atom. The van der Waals surface area contributed by atoms with E-state index in [9.17, 15) is 0 Å². The molecule has 2 aromatic rings. The van der Waals surface area contributed by atoms with Gasteiger partial charge < -0.3 is 4.90 Å². The van der Waals surface area contributed by atoms with Crippen molar-refractivity contribution in [3.8, 4) is 0 Å². The lowest BCUT2D eigenvalue weighted by Crippen LogP contribution is -2.08. The van der Waals surface area contributed by atoms with Gasteiger partial charge in [-0.05, 0) is 29.8 Å². The van der Waals surface area contributed by atoms with Gasteiger partial charge in [0.1, 0.15) is 5.69 Å². The summed E-state index contributed by atoms with van der Waals surface area (Å²) in [6.07, 6.45) is 1.72. The fourth-order valence-electron chi connectivity index (χ4n) is 1.66. The zero-order chi connectivity index (χ0) is 14.7. The Kier molecular flexibility index (Phi) is 4.92. The molecule has 2 rings (SSSR count). The number of hydrogen-bond donors (Lipinski definition) is 0. The molecule has 0 bridgehead atoms. The van der Waals surface area contributed by atoms with E-state index in [2.05, 4.69) is 4.99 Å². The molecular weight excluding hydrogens is 315 g/mol. The van der Waals surface area contributed by atoms with Crippen LogP contribution in [0.2, 0.25) is 15.1 Å². The number of halogens is 3. The highest BCUT2D eigenvalue weighted by molar-refractivity contribution is 6.41. The molecule has 0 aliphatic carbocycles. The molecule has 2 nitrogen and oxygen atoms in total. The molecule has 0 atom stereocenters. The summed E-state index contributed by atoms with van der Waals surface area (Å²) in [6.45, 7) is 0. The fraction of sp³-hybridized carbons (Fsp3) is 0.133. The second-order valence-corrected chi connectivity index (χ2v) is 5.71. The highest BCUT2D eigenvalue weighted by atomic mass is 35.5. The van der Waals surface area contributed by atoms with Crippen molar-refractivity contribution in [2.75, 3.05) is 19.0 Å². The van der Waals surface area contributed by atoms with Crippen LogP contribution in [0.5, 0.6) is 0 Å².